The maximum Gasteiger partial charge on any atom is 0.174 e. The molecule has 0 aliphatic carbocycles. The van der Waals surface area contributed by atoms with Crippen LogP contribution in [-0.2, 0) is 0 Å². The quantitative estimate of drug-likeness (QED) is 0.296. The van der Waals surface area contributed by atoms with Gasteiger partial charge in [0.1, 0.15) is 11.0 Å². The molecular formula is C26H16N2O2S. The topological polar surface area (TPSA) is 52.1 Å². The second-order valence-corrected chi connectivity index (χ2v) is 8.36. The second kappa shape index (κ2) is 7.45. The van der Waals surface area contributed by atoms with E-state index in [0.717, 1.165) is 54.2 Å². The van der Waals surface area contributed by atoms with Crippen molar-refractivity contribution in [2.24, 2.45) is 0 Å². The Labute approximate surface area is 182 Å². The van der Waals surface area contributed by atoms with Crippen LogP contribution in [0.3, 0.4) is 0 Å². The minimum absolute atomic E-state index is 0.791. The van der Waals surface area contributed by atoms with E-state index in [1.807, 2.05) is 72.8 Å². The highest BCUT2D eigenvalue weighted by Crippen LogP contribution is 2.37. The number of rotatable bonds is 4. The molecule has 5 heteroatoms. The molecule has 6 aromatic rings. The van der Waals surface area contributed by atoms with Gasteiger partial charge in [-0.3, -0.25) is 0 Å². The summed E-state index contributed by atoms with van der Waals surface area (Å²) in [6.45, 7) is 0. The van der Waals surface area contributed by atoms with Crippen molar-refractivity contribution in [1.29, 1.82) is 0 Å². The minimum atomic E-state index is 0.791. The summed E-state index contributed by atoms with van der Waals surface area (Å²) in [7, 11) is 0. The summed E-state index contributed by atoms with van der Waals surface area (Å²) in [6, 6.07) is 32.5. The lowest BCUT2D eigenvalue weighted by Crippen LogP contribution is -1.79. The maximum absolute atomic E-state index is 5.64. The van der Waals surface area contributed by atoms with Gasteiger partial charge >= 0.3 is 0 Å². The molecule has 148 valence electrons. The first-order chi connectivity index (χ1) is 15.3. The SMILES string of the molecule is c1ccc(-c2onc3ccc(Sc4ccc5noc(-c6ccccc6)c5c4)cc23)cc1. The van der Waals surface area contributed by atoms with Crippen LogP contribution in [0.5, 0.6) is 0 Å². The molecule has 0 atom stereocenters. The van der Waals surface area contributed by atoms with Gasteiger partial charge in [0.05, 0.1) is 10.8 Å². The molecule has 0 fully saturated rings. The van der Waals surface area contributed by atoms with Gasteiger partial charge in [-0.05, 0) is 36.4 Å². The lowest BCUT2D eigenvalue weighted by Gasteiger charge is -2.03. The van der Waals surface area contributed by atoms with Crippen LogP contribution in [0.15, 0.2) is 116 Å². The van der Waals surface area contributed by atoms with E-state index in [4.69, 9.17) is 9.05 Å². The van der Waals surface area contributed by atoms with Gasteiger partial charge in [0.15, 0.2) is 11.5 Å². The predicted molar refractivity (Wildman–Crippen MR) is 123 cm³/mol. The summed E-state index contributed by atoms with van der Waals surface area (Å²) in [5, 5.41) is 10.4. The van der Waals surface area contributed by atoms with E-state index in [0.29, 0.717) is 0 Å². The smallest absolute Gasteiger partial charge is 0.174 e. The van der Waals surface area contributed by atoms with Crippen molar-refractivity contribution in [2.75, 3.05) is 0 Å². The zero-order valence-electron chi connectivity index (χ0n) is 16.4. The molecule has 4 aromatic carbocycles. The van der Waals surface area contributed by atoms with Crippen LogP contribution >= 0.6 is 11.8 Å². The molecule has 6 rings (SSSR count). The first-order valence-corrected chi connectivity index (χ1v) is 10.7. The molecular weight excluding hydrogens is 404 g/mol. The average Bonchev–Trinajstić information content (AvgIpc) is 3.44. The second-order valence-electron chi connectivity index (χ2n) is 7.22. The van der Waals surface area contributed by atoms with E-state index in [9.17, 15) is 0 Å². The van der Waals surface area contributed by atoms with Crippen LogP contribution in [-0.4, -0.2) is 10.3 Å². The summed E-state index contributed by atoms with van der Waals surface area (Å²) in [5.41, 5.74) is 3.74. The number of fused-ring (bicyclic) bond motifs is 2. The van der Waals surface area contributed by atoms with Crippen molar-refractivity contribution in [2.45, 2.75) is 9.79 Å². The third kappa shape index (κ3) is 3.29. The summed E-state index contributed by atoms with van der Waals surface area (Å²) in [4.78, 5) is 2.23. The number of nitrogens with zero attached hydrogens (tertiary/aromatic N) is 2. The Bertz CT molecular complexity index is 1390. The number of hydrogen-bond acceptors (Lipinski definition) is 5. The van der Waals surface area contributed by atoms with E-state index >= 15 is 0 Å². The third-order valence-electron chi connectivity index (χ3n) is 5.20. The number of benzene rings is 4. The van der Waals surface area contributed by atoms with Gasteiger partial charge in [-0.25, -0.2) is 0 Å². The molecule has 0 radical (unpaired) electrons. The molecule has 0 saturated carbocycles. The molecule has 0 saturated heterocycles. The van der Waals surface area contributed by atoms with E-state index in [2.05, 4.69) is 34.6 Å². The highest BCUT2D eigenvalue weighted by Gasteiger charge is 2.14. The molecule has 2 aromatic heterocycles. The fraction of sp³-hybridized carbons (Fsp3) is 0. The van der Waals surface area contributed by atoms with Crippen LogP contribution in [0.25, 0.3) is 44.5 Å². The van der Waals surface area contributed by atoms with Crippen molar-refractivity contribution in [3.8, 4) is 22.6 Å². The van der Waals surface area contributed by atoms with Crippen LogP contribution in [0, 0.1) is 0 Å². The molecule has 0 unspecified atom stereocenters. The molecule has 31 heavy (non-hydrogen) atoms. The van der Waals surface area contributed by atoms with E-state index in [1.54, 1.807) is 11.8 Å². The zero-order valence-corrected chi connectivity index (χ0v) is 17.2. The van der Waals surface area contributed by atoms with Crippen molar-refractivity contribution < 1.29 is 9.05 Å². The first kappa shape index (κ1) is 18.0. The van der Waals surface area contributed by atoms with Gasteiger partial charge in [0.2, 0.25) is 0 Å². The Morgan fingerprint density at radius 1 is 0.516 bits per heavy atom. The molecule has 2 heterocycles. The molecule has 0 bridgehead atoms. The Morgan fingerprint density at radius 2 is 0.968 bits per heavy atom. The molecule has 0 spiro atoms. The van der Waals surface area contributed by atoms with Crippen LogP contribution in [0.1, 0.15) is 0 Å². The van der Waals surface area contributed by atoms with Gasteiger partial charge in [-0.15, -0.1) is 0 Å². The van der Waals surface area contributed by atoms with Gasteiger partial charge in [-0.1, -0.05) is 82.7 Å². The fourth-order valence-electron chi connectivity index (χ4n) is 3.70. The Balaban J connectivity index is 1.38. The molecule has 0 N–H and O–H groups in total. The van der Waals surface area contributed by atoms with E-state index in [-0.39, 0.29) is 0 Å². The zero-order chi connectivity index (χ0) is 20.6. The number of hydrogen-bond donors (Lipinski definition) is 0. The van der Waals surface area contributed by atoms with Crippen LogP contribution in [0.2, 0.25) is 0 Å². The highest BCUT2D eigenvalue weighted by atomic mass is 32.2. The van der Waals surface area contributed by atoms with Gasteiger partial charge in [0.25, 0.3) is 0 Å². The Kier molecular flexibility index (Phi) is 4.32. The molecule has 0 aliphatic rings. The predicted octanol–water partition coefficient (Wildman–Crippen LogP) is 7.45. The largest absolute Gasteiger partial charge is 0.355 e. The summed E-state index contributed by atoms with van der Waals surface area (Å²) in [6.07, 6.45) is 0. The Morgan fingerprint density at radius 3 is 1.42 bits per heavy atom. The van der Waals surface area contributed by atoms with Crippen LogP contribution < -0.4 is 0 Å². The molecule has 0 aliphatic heterocycles. The lowest BCUT2D eigenvalue weighted by molar-refractivity contribution is 0.441. The monoisotopic (exact) mass is 420 g/mol. The minimum Gasteiger partial charge on any atom is -0.355 e. The van der Waals surface area contributed by atoms with Crippen molar-refractivity contribution in [3.05, 3.63) is 97.1 Å². The summed E-state index contributed by atoms with van der Waals surface area (Å²) in [5.74, 6) is 1.58. The van der Waals surface area contributed by atoms with E-state index in [1.165, 1.54) is 0 Å². The fourth-order valence-corrected chi connectivity index (χ4v) is 4.60. The third-order valence-corrected chi connectivity index (χ3v) is 6.18. The van der Waals surface area contributed by atoms with Crippen molar-refractivity contribution in [3.63, 3.8) is 0 Å². The van der Waals surface area contributed by atoms with Crippen molar-refractivity contribution >= 4 is 33.6 Å². The van der Waals surface area contributed by atoms with Crippen LogP contribution in [0.4, 0.5) is 0 Å². The standard InChI is InChI=1S/C26H16N2O2S/c1-3-7-17(8-4-1)25-21-15-19(11-13-23(21)27-29-25)31-20-12-14-24-22(16-20)26(30-28-24)18-9-5-2-6-10-18/h1-16H. The lowest BCUT2D eigenvalue weighted by atomic mass is 10.1. The van der Waals surface area contributed by atoms with Gasteiger partial charge in [0, 0.05) is 20.9 Å². The van der Waals surface area contributed by atoms with Crippen molar-refractivity contribution in [1.82, 2.24) is 10.3 Å². The highest BCUT2D eigenvalue weighted by molar-refractivity contribution is 7.99. The first-order valence-electron chi connectivity index (χ1n) is 9.93. The maximum atomic E-state index is 5.64. The van der Waals surface area contributed by atoms with E-state index < -0.39 is 0 Å². The summed E-state index contributed by atoms with van der Waals surface area (Å²) < 4.78 is 11.3. The van der Waals surface area contributed by atoms with Gasteiger partial charge in [-0.2, -0.15) is 0 Å². The Hall–Kier alpha value is -3.83. The average molecular weight is 420 g/mol. The number of aromatic nitrogens is 2. The molecule has 0 amide bonds. The molecule has 4 nitrogen and oxygen atoms in total. The normalized spacial score (nSPS) is 11.4. The summed E-state index contributed by atoms with van der Waals surface area (Å²) >= 11 is 1.69. The van der Waals surface area contributed by atoms with Gasteiger partial charge < -0.3 is 9.05 Å².